The smallest absolute Gasteiger partial charge is 0.412 e. The molecule has 0 N–H and O–H groups in total. The van der Waals surface area contributed by atoms with Crippen LogP contribution in [0.15, 0.2) is 48.5 Å². The molecule has 2 aromatic rings. The first-order valence-electron chi connectivity index (χ1n) is 12.6. The monoisotopic (exact) mass is 479 g/mol. The third-order valence-corrected chi connectivity index (χ3v) is 6.74. The molecule has 188 valence electrons. The Kier molecular flexibility index (Phi) is 7.83. The van der Waals surface area contributed by atoms with Crippen molar-refractivity contribution in [3.8, 4) is 5.75 Å². The summed E-state index contributed by atoms with van der Waals surface area (Å²) >= 11 is 0. The second kappa shape index (κ2) is 11.0. The van der Waals surface area contributed by atoms with Gasteiger partial charge in [0.2, 0.25) is 6.79 Å². The predicted molar refractivity (Wildman–Crippen MR) is 137 cm³/mol. The molecule has 2 aliphatic heterocycles. The van der Waals surface area contributed by atoms with Gasteiger partial charge in [0, 0.05) is 50.5 Å². The van der Waals surface area contributed by atoms with E-state index in [1.54, 1.807) is 29.2 Å². The van der Waals surface area contributed by atoms with Crippen molar-refractivity contribution in [2.24, 2.45) is 0 Å². The van der Waals surface area contributed by atoms with Gasteiger partial charge in [0.05, 0.1) is 0 Å². The first-order chi connectivity index (χ1) is 16.8. The van der Waals surface area contributed by atoms with E-state index in [0.29, 0.717) is 24.4 Å². The summed E-state index contributed by atoms with van der Waals surface area (Å²) < 4.78 is 10.8. The van der Waals surface area contributed by atoms with Gasteiger partial charge in [0.25, 0.3) is 5.91 Å². The van der Waals surface area contributed by atoms with Crippen LogP contribution in [0.5, 0.6) is 5.75 Å². The topological polar surface area (TPSA) is 62.3 Å². The van der Waals surface area contributed by atoms with Crippen LogP contribution in [0.25, 0.3) is 0 Å². The van der Waals surface area contributed by atoms with Crippen LogP contribution in [0.1, 0.15) is 56.0 Å². The Labute approximate surface area is 208 Å². The molecule has 0 bridgehead atoms. The number of hydrogen-bond donors (Lipinski definition) is 0. The molecule has 2 saturated heterocycles. The van der Waals surface area contributed by atoms with E-state index in [9.17, 15) is 9.59 Å². The van der Waals surface area contributed by atoms with Crippen molar-refractivity contribution < 1.29 is 19.1 Å². The second-order valence-corrected chi connectivity index (χ2v) is 10.3. The number of carbonyl (C=O) groups is 2. The first-order valence-corrected chi connectivity index (χ1v) is 12.6. The Balaban J connectivity index is 1.26. The average molecular weight is 480 g/mol. The third kappa shape index (κ3) is 6.27. The van der Waals surface area contributed by atoms with Crippen LogP contribution in [-0.2, 0) is 10.2 Å². The molecule has 7 nitrogen and oxygen atoms in total. The van der Waals surface area contributed by atoms with Crippen LogP contribution in [0.3, 0.4) is 0 Å². The SMILES string of the molecule is CC(C)(C)c1ccccc1N1CCN(C(=O)c2ccc(OCOC(=O)N3CCCCC3)cc2)CC1. The van der Waals surface area contributed by atoms with E-state index in [1.807, 2.05) is 4.90 Å². The van der Waals surface area contributed by atoms with Gasteiger partial charge in [-0.1, -0.05) is 39.0 Å². The van der Waals surface area contributed by atoms with E-state index in [-0.39, 0.29) is 24.2 Å². The highest BCUT2D eigenvalue weighted by Crippen LogP contribution is 2.32. The van der Waals surface area contributed by atoms with Gasteiger partial charge in [0.1, 0.15) is 5.75 Å². The number of likely N-dealkylation sites (tertiary alicyclic amines) is 1. The lowest BCUT2D eigenvalue weighted by Crippen LogP contribution is -2.49. The number of piperidine rings is 1. The standard InChI is InChI=1S/C28H37N3O4/c1-28(2,3)24-9-5-6-10-25(24)29-17-19-30(20-18-29)26(32)22-11-13-23(14-12-22)34-21-35-27(33)31-15-7-4-8-16-31/h5-6,9-14H,4,7-8,15-21H2,1-3H3. The number of nitrogens with zero attached hydrogens (tertiary/aromatic N) is 3. The zero-order valence-electron chi connectivity index (χ0n) is 21.2. The highest BCUT2D eigenvalue weighted by atomic mass is 16.7. The fraction of sp³-hybridized carbons (Fsp3) is 0.500. The quantitative estimate of drug-likeness (QED) is 0.571. The lowest BCUT2D eigenvalue weighted by Gasteiger charge is -2.38. The summed E-state index contributed by atoms with van der Waals surface area (Å²) in [6.07, 6.45) is 2.86. The Bertz CT molecular complexity index is 1000. The summed E-state index contributed by atoms with van der Waals surface area (Å²) in [6.45, 7) is 11.0. The number of carbonyl (C=O) groups excluding carboxylic acids is 2. The van der Waals surface area contributed by atoms with E-state index in [2.05, 4.69) is 49.9 Å². The molecule has 0 unspecified atom stereocenters. The molecular formula is C28H37N3O4. The van der Waals surface area contributed by atoms with E-state index >= 15 is 0 Å². The van der Waals surface area contributed by atoms with Gasteiger partial charge in [-0.25, -0.2) is 4.79 Å². The van der Waals surface area contributed by atoms with Crippen molar-refractivity contribution in [2.75, 3.05) is 51.0 Å². The summed E-state index contributed by atoms with van der Waals surface area (Å²) in [5, 5.41) is 0. The van der Waals surface area contributed by atoms with Crippen molar-refractivity contribution in [2.45, 2.75) is 45.4 Å². The number of benzene rings is 2. The summed E-state index contributed by atoms with van der Waals surface area (Å²) in [6, 6.07) is 15.6. The van der Waals surface area contributed by atoms with Crippen molar-refractivity contribution >= 4 is 17.7 Å². The van der Waals surface area contributed by atoms with Crippen LogP contribution in [0, 0.1) is 0 Å². The number of rotatable bonds is 5. The van der Waals surface area contributed by atoms with Crippen LogP contribution >= 0.6 is 0 Å². The first kappa shape index (κ1) is 24.9. The average Bonchev–Trinajstić information content (AvgIpc) is 2.89. The largest absolute Gasteiger partial charge is 0.457 e. The number of piperazine rings is 1. The lowest BCUT2D eigenvalue weighted by molar-refractivity contribution is 0.0316. The molecule has 2 heterocycles. The fourth-order valence-electron chi connectivity index (χ4n) is 4.73. The maximum Gasteiger partial charge on any atom is 0.412 e. The summed E-state index contributed by atoms with van der Waals surface area (Å²) in [4.78, 5) is 31.1. The highest BCUT2D eigenvalue weighted by Gasteiger charge is 2.26. The highest BCUT2D eigenvalue weighted by molar-refractivity contribution is 5.94. The van der Waals surface area contributed by atoms with Gasteiger partial charge in [-0.15, -0.1) is 0 Å². The Hall–Kier alpha value is -3.22. The Morgan fingerprint density at radius 3 is 2.11 bits per heavy atom. The van der Waals surface area contributed by atoms with Gasteiger partial charge < -0.3 is 24.2 Å². The zero-order chi connectivity index (χ0) is 24.8. The van der Waals surface area contributed by atoms with Crippen molar-refractivity contribution in [3.05, 3.63) is 59.7 Å². The van der Waals surface area contributed by atoms with Gasteiger partial charge in [0.15, 0.2) is 0 Å². The number of amides is 2. The van der Waals surface area contributed by atoms with Crippen LogP contribution in [0.4, 0.5) is 10.5 Å². The van der Waals surface area contributed by atoms with Gasteiger partial charge >= 0.3 is 6.09 Å². The van der Waals surface area contributed by atoms with Crippen LogP contribution < -0.4 is 9.64 Å². The van der Waals surface area contributed by atoms with E-state index in [0.717, 1.165) is 45.4 Å². The van der Waals surface area contributed by atoms with Crippen molar-refractivity contribution in [1.29, 1.82) is 0 Å². The molecule has 4 rings (SSSR count). The van der Waals surface area contributed by atoms with Crippen LogP contribution in [0.2, 0.25) is 0 Å². The normalized spacial score (nSPS) is 16.7. The van der Waals surface area contributed by atoms with E-state index in [4.69, 9.17) is 9.47 Å². The molecule has 0 radical (unpaired) electrons. The van der Waals surface area contributed by atoms with Crippen molar-refractivity contribution in [3.63, 3.8) is 0 Å². The molecule has 2 amide bonds. The minimum atomic E-state index is -0.333. The molecule has 7 heteroatoms. The minimum Gasteiger partial charge on any atom is -0.457 e. The fourth-order valence-corrected chi connectivity index (χ4v) is 4.73. The maximum atomic E-state index is 13.1. The number of para-hydroxylation sites is 1. The van der Waals surface area contributed by atoms with Crippen molar-refractivity contribution in [1.82, 2.24) is 9.80 Å². The van der Waals surface area contributed by atoms with Gasteiger partial charge in [-0.05, 0) is 60.6 Å². The second-order valence-electron chi connectivity index (χ2n) is 10.3. The van der Waals surface area contributed by atoms with Gasteiger partial charge in [-0.2, -0.15) is 0 Å². The molecule has 2 aliphatic rings. The van der Waals surface area contributed by atoms with Crippen LogP contribution in [-0.4, -0.2) is 67.9 Å². The Morgan fingerprint density at radius 2 is 1.46 bits per heavy atom. The molecule has 0 saturated carbocycles. The molecule has 0 atom stereocenters. The Morgan fingerprint density at radius 1 is 0.800 bits per heavy atom. The summed E-state index contributed by atoms with van der Waals surface area (Å²) in [7, 11) is 0. The molecule has 2 aromatic carbocycles. The molecule has 2 fully saturated rings. The molecule has 35 heavy (non-hydrogen) atoms. The predicted octanol–water partition coefficient (Wildman–Crippen LogP) is 4.91. The van der Waals surface area contributed by atoms with Gasteiger partial charge in [-0.3, -0.25) is 4.79 Å². The van der Waals surface area contributed by atoms with E-state index in [1.165, 1.54) is 11.3 Å². The summed E-state index contributed by atoms with van der Waals surface area (Å²) in [5.74, 6) is 0.591. The number of hydrogen-bond acceptors (Lipinski definition) is 5. The maximum absolute atomic E-state index is 13.1. The zero-order valence-corrected chi connectivity index (χ0v) is 21.2. The minimum absolute atomic E-state index is 0.0248. The molecule has 0 aliphatic carbocycles. The third-order valence-electron chi connectivity index (χ3n) is 6.74. The number of ether oxygens (including phenoxy) is 2. The number of anilines is 1. The molecule has 0 aromatic heterocycles. The molecular weight excluding hydrogens is 442 g/mol. The molecule has 0 spiro atoms. The lowest BCUT2D eigenvalue weighted by atomic mass is 9.85. The van der Waals surface area contributed by atoms with E-state index < -0.39 is 0 Å². The summed E-state index contributed by atoms with van der Waals surface area (Å²) in [5.41, 5.74) is 3.29.